The van der Waals surface area contributed by atoms with Crippen molar-refractivity contribution in [2.24, 2.45) is 5.73 Å². The zero-order valence-corrected chi connectivity index (χ0v) is 12.1. The van der Waals surface area contributed by atoms with Gasteiger partial charge in [-0.05, 0) is 49.6 Å². The predicted molar refractivity (Wildman–Crippen MR) is 79.5 cm³/mol. The third kappa shape index (κ3) is 3.36. The van der Waals surface area contributed by atoms with Crippen LogP contribution in [0.1, 0.15) is 28.3 Å². The van der Waals surface area contributed by atoms with Crippen LogP contribution >= 0.6 is 0 Å². The second kappa shape index (κ2) is 6.06. The van der Waals surface area contributed by atoms with Crippen LogP contribution in [0.4, 0.5) is 4.39 Å². The Morgan fingerprint density at radius 1 is 1.10 bits per heavy atom. The zero-order chi connectivity index (χ0) is 14.7. The van der Waals surface area contributed by atoms with Crippen molar-refractivity contribution in [3.05, 3.63) is 64.5 Å². The number of ether oxygens (including phenoxy) is 1. The molecule has 0 aliphatic rings. The highest BCUT2D eigenvalue weighted by Crippen LogP contribution is 2.25. The molecule has 0 saturated carbocycles. The van der Waals surface area contributed by atoms with Crippen molar-refractivity contribution in [3.63, 3.8) is 0 Å². The number of benzene rings is 2. The van der Waals surface area contributed by atoms with Gasteiger partial charge in [0, 0.05) is 0 Å². The summed E-state index contributed by atoms with van der Waals surface area (Å²) in [7, 11) is 0. The van der Waals surface area contributed by atoms with Crippen molar-refractivity contribution in [1.82, 2.24) is 0 Å². The second-order valence-corrected chi connectivity index (χ2v) is 5.20. The molecule has 106 valence electrons. The first kappa shape index (κ1) is 14.5. The summed E-state index contributed by atoms with van der Waals surface area (Å²) in [6.07, 6.45) is 0. The number of rotatable bonds is 4. The van der Waals surface area contributed by atoms with E-state index in [-0.39, 0.29) is 11.9 Å². The van der Waals surface area contributed by atoms with E-state index < -0.39 is 0 Å². The average molecular weight is 273 g/mol. The Hall–Kier alpha value is -1.87. The first-order valence-electron chi connectivity index (χ1n) is 6.69. The molecular formula is C17H20FNO. The molecular weight excluding hydrogens is 253 g/mol. The Morgan fingerprint density at radius 3 is 2.35 bits per heavy atom. The first-order valence-corrected chi connectivity index (χ1v) is 6.69. The van der Waals surface area contributed by atoms with Gasteiger partial charge in [0.15, 0.2) is 0 Å². The largest absolute Gasteiger partial charge is 0.491 e. The lowest BCUT2D eigenvalue weighted by Gasteiger charge is -2.17. The summed E-state index contributed by atoms with van der Waals surface area (Å²) < 4.78 is 19.0. The lowest BCUT2D eigenvalue weighted by Crippen LogP contribution is -2.19. The number of hydrogen-bond donors (Lipinski definition) is 1. The Labute approximate surface area is 119 Å². The summed E-state index contributed by atoms with van der Waals surface area (Å²) in [6.45, 7) is 6.42. The van der Waals surface area contributed by atoms with E-state index in [0.717, 1.165) is 22.4 Å². The third-order valence-corrected chi connectivity index (χ3v) is 3.29. The standard InChI is InChI=1S/C17H20FNO/c1-11-7-12(2)17(13(3)8-11)20-10-16(19)14-5-4-6-15(18)9-14/h4-9,16H,10,19H2,1-3H3. The van der Waals surface area contributed by atoms with E-state index in [1.54, 1.807) is 6.07 Å². The average Bonchev–Trinajstić information content (AvgIpc) is 2.37. The van der Waals surface area contributed by atoms with E-state index in [4.69, 9.17) is 10.5 Å². The van der Waals surface area contributed by atoms with E-state index in [1.807, 2.05) is 19.9 Å². The van der Waals surface area contributed by atoms with Gasteiger partial charge < -0.3 is 10.5 Å². The molecule has 2 nitrogen and oxygen atoms in total. The fraction of sp³-hybridized carbons (Fsp3) is 0.294. The molecule has 0 aliphatic carbocycles. The van der Waals surface area contributed by atoms with Gasteiger partial charge in [0.25, 0.3) is 0 Å². The van der Waals surface area contributed by atoms with E-state index in [2.05, 4.69) is 19.1 Å². The topological polar surface area (TPSA) is 35.2 Å². The van der Waals surface area contributed by atoms with Crippen molar-refractivity contribution in [2.45, 2.75) is 26.8 Å². The molecule has 0 saturated heterocycles. The summed E-state index contributed by atoms with van der Waals surface area (Å²) in [4.78, 5) is 0. The summed E-state index contributed by atoms with van der Waals surface area (Å²) in [5.41, 5.74) is 10.2. The highest BCUT2D eigenvalue weighted by atomic mass is 19.1. The molecule has 20 heavy (non-hydrogen) atoms. The minimum Gasteiger partial charge on any atom is -0.491 e. The zero-order valence-electron chi connectivity index (χ0n) is 12.1. The molecule has 0 aliphatic heterocycles. The molecule has 3 heteroatoms. The van der Waals surface area contributed by atoms with Crippen molar-refractivity contribution in [1.29, 1.82) is 0 Å². The van der Waals surface area contributed by atoms with Crippen LogP contribution in [-0.2, 0) is 0 Å². The van der Waals surface area contributed by atoms with E-state index in [9.17, 15) is 4.39 Å². The Balaban J connectivity index is 2.09. The number of hydrogen-bond acceptors (Lipinski definition) is 2. The van der Waals surface area contributed by atoms with Gasteiger partial charge in [0.2, 0.25) is 0 Å². The van der Waals surface area contributed by atoms with Gasteiger partial charge in [-0.15, -0.1) is 0 Å². The summed E-state index contributed by atoms with van der Waals surface area (Å²) in [5, 5.41) is 0. The maximum absolute atomic E-state index is 13.2. The smallest absolute Gasteiger partial charge is 0.125 e. The number of aryl methyl sites for hydroxylation is 3. The Bertz CT molecular complexity index is 587. The maximum Gasteiger partial charge on any atom is 0.125 e. The van der Waals surface area contributed by atoms with E-state index >= 15 is 0 Å². The van der Waals surface area contributed by atoms with Crippen molar-refractivity contribution in [3.8, 4) is 5.75 Å². The van der Waals surface area contributed by atoms with Gasteiger partial charge in [-0.1, -0.05) is 29.8 Å². The lowest BCUT2D eigenvalue weighted by molar-refractivity contribution is 0.287. The fourth-order valence-corrected chi connectivity index (χ4v) is 2.40. The number of nitrogens with two attached hydrogens (primary N) is 1. The first-order chi connectivity index (χ1) is 9.47. The van der Waals surface area contributed by atoms with Crippen LogP contribution in [0, 0.1) is 26.6 Å². The van der Waals surface area contributed by atoms with Crippen LogP contribution < -0.4 is 10.5 Å². The summed E-state index contributed by atoms with van der Waals surface area (Å²) in [5.74, 6) is 0.586. The van der Waals surface area contributed by atoms with Crippen LogP contribution in [0.15, 0.2) is 36.4 Å². The monoisotopic (exact) mass is 273 g/mol. The van der Waals surface area contributed by atoms with Crippen molar-refractivity contribution < 1.29 is 9.13 Å². The van der Waals surface area contributed by atoms with Crippen LogP contribution in [0.25, 0.3) is 0 Å². The van der Waals surface area contributed by atoms with E-state index in [0.29, 0.717) is 6.61 Å². The van der Waals surface area contributed by atoms with Gasteiger partial charge in [-0.3, -0.25) is 0 Å². The molecule has 0 spiro atoms. The lowest BCUT2D eigenvalue weighted by atomic mass is 10.1. The minimum absolute atomic E-state index is 0.277. The van der Waals surface area contributed by atoms with Gasteiger partial charge in [0.05, 0.1) is 6.04 Å². The summed E-state index contributed by atoms with van der Waals surface area (Å²) in [6, 6.07) is 10.1. The molecule has 2 rings (SSSR count). The number of halogens is 1. The molecule has 0 heterocycles. The Kier molecular flexibility index (Phi) is 4.40. The van der Waals surface area contributed by atoms with Gasteiger partial charge in [-0.2, -0.15) is 0 Å². The fourth-order valence-electron chi connectivity index (χ4n) is 2.40. The summed E-state index contributed by atoms with van der Waals surface area (Å²) >= 11 is 0. The van der Waals surface area contributed by atoms with Crippen LogP contribution in [0.2, 0.25) is 0 Å². The molecule has 1 atom stereocenters. The Morgan fingerprint density at radius 2 is 1.75 bits per heavy atom. The maximum atomic E-state index is 13.2. The van der Waals surface area contributed by atoms with Crippen LogP contribution in [0.5, 0.6) is 5.75 Å². The highest BCUT2D eigenvalue weighted by molar-refractivity contribution is 5.43. The molecule has 2 aromatic carbocycles. The molecule has 2 aromatic rings. The predicted octanol–water partition coefficient (Wildman–Crippen LogP) is 3.83. The molecule has 0 bridgehead atoms. The minimum atomic E-state index is -0.342. The SMILES string of the molecule is Cc1cc(C)c(OCC(N)c2cccc(F)c2)c(C)c1. The molecule has 0 aromatic heterocycles. The van der Waals surface area contributed by atoms with Crippen molar-refractivity contribution >= 4 is 0 Å². The van der Waals surface area contributed by atoms with Gasteiger partial charge >= 0.3 is 0 Å². The molecule has 0 fully saturated rings. The second-order valence-electron chi connectivity index (χ2n) is 5.20. The molecule has 1 unspecified atom stereocenters. The van der Waals surface area contributed by atoms with Crippen LogP contribution in [-0.4, -0.2) is 6.61 Å². The molecule has 0 radical (unpaired) electrons. The van der Waals surface area contributed by atoms with E-state index in [1.165, 1.54) is 17.7 Å². The third-order valence-electron chi connectivity index (χ3n) is 3.29. The van der Waals surface area contributed by atoms with Gasteiger partial charge in [-0.25, -0.2) is 4.39 Å². The normalized spacial score (nSPS) is 12.2. The van der Waals surface area contributed by atoms with Crippen molar-refractivity contribution in [2.75, 3.05) is 6.61 Å². The highest BCUT2D eigenvalue weighted by Gasteiger charge is 2.10. The quantitative estimate of drug-likeness (QED) is 0.918. The van der Waals surface area contributed by atoms with Gasteiger partial charge in [0.1, 0.15) is 18.2 Å². The van der Waals surface area contributed by atoms with Crippen LogP contribution in [0.3, 0.4) is 0 Å². The molecule has 0 amide bonds. The molecule has 2 N–H and O–H groups in total.